The first-order valence-corrected chi connectivity index (χ1v) is 4.92. The van der Waals surface area contributed by atoms with Crippen LogP contribution in [0, 0.1) is 0 Å². The molecule has 0 aromatic heterocycles. The molecule has 0 fully saturated rings. The number of carbonyl (C=O) groups is 1. The molecule has 0 aromatic rings. The van der Waals surface area contributed by atoms with Gasteiger partial charge in [-0.05, 0) is 27.7 Å². The van der Waals surface area contributed by atoms with Gasteiger partial charge in [0.1, 0.15) is 5.60 Å². The van der Waals surface area contributed by atoms with Crippen LogP contribution < -0.4 is 0 Å². The van der Waals surface area contributed by atoms with Gasteiger partial charge in [-0.15, -0.1) is 0 Å². The van der Waals surface area contributed by atoms with Crippen LogP contribution in [-0.4, -0.2) is 30.5 Å². The fourth-order valence-corrected chi connectivity index (χ4v) is 0.806. The van der Waals surface area contributed by atoms with Gasteiger partial charge in [-0.3, -0.25) is 4.79 Å². The van der Waals surface area contributed by atoms with Crippen LogP contribution in [-0.2, 0) is 14.3 Å². The van der Waals surface area contributed by atoms with Gasteiger partial charge < -0.3 is 9.47 Å². The minimum atomic E-state index is -4.39. The second-order valence-electron chi connectivity index (χ2n) is 4.39. The molecule has 1 atom stereocenters. The molecule has 3 nitrogen and oxygen atoms in total. The molecule has 16 heavy (non-hydrogen) atoms. The summed E-state index contributed by atoms with van der Waals surface area (Å²) in [6.07, 6.45) is -6.44. The summed E-state index contributed by atoms with van der Waals surface area (Å²) in [5.74, 6) is -0.568. The highest BCUT2D eigenvalue weighted by Crippen LogP contribution is 2.22. The van der Waals surface area contributed by atoms with Gasteiger partial charge in [0.2, 0.25) is 0 Å². The second kappa shape index (κ2) is 5.52. The van der Waals surface area contributed by atoms with Gasteiger partial charge in [0.25, 0.3) is 0 Å². The quantitative estimate of drug-likeness (QED) is 0.711. The molecule has 0 bridgehead atoms. The largest absolute Gasteiger partial charge is 0.460 e. The number of alkyl halides is 3. The van der Waals surface area contributed by atoms with E-state index in [0.29, 0.717) is 0 Å². The molecule has 6 heteroatoms. The zero-order valence-electron chi connectivity index (χ0n) is 9.85. The molecule has 0 saturated heterocycles. The van der Waals surface area contributed by atoms with Gasteiger partial charge in [0.05, 0.1) is 13.0 Å². The van der Waals surface area contributed by atoms with Crippen molar-refractivity contribution in [3.8, 4) is 0 Å². The summed E-state index contributed by atoms with van der Waals surface area (Å²) in [5.41, 5.74) is -0.632. The Morgan fingerprint density at radius 3 is 2.12 bits per heavy atom. The van der Waals surface area contributed by atoms with Gasteiger partial charge in [-0.25, -0.2) is 0 Å². The van der Waals surface area contributed by atoms with Crippen LogP contribution in [0.5, 0.6) is 0 Å². The first kappa shape index (κ1) is 15.2. The average molecular weight is 242 g/mol. The topological polar surface area (TPSA) is 35.5 Å². The number of carbonyl (C=O) groups excluding carboxylic acids is 1. The normalized spacial score (nSPS) is 14.7. The van der Waals surface area contributed by atoms with Crippen LogP contribution in [0.2, 0.25) is 0 Å². The first-order valence-electron chi connectivity index (χ1n) is 4.92. The van der Waals surface area contributed by atoms with Crippen molar-refractivity contribution >= 4 is 5.97 Å². The molecule has 0 heterocycles. The van der Waals surface area contributed by atoms with Gasteiger partial charge in [0.15, 0.2) is 6.10 Å². The molecule has 0 N–H and O–H groups in total. The third kappa shape index (κ3) is 7.50. The Hall–Kier alpha value is -0.780. The first-order chi connectivity index (χ1) is 7.02. The molecular formula is C10H17F3O3. The maximum atomic E-state index is 12.0. The summed E-state index contributed by atoms with van der Waals surface area (Å²) in [5, 5.41) is 0. The summed E-state index contributed by atoms with van der Waals surface area (Å²) < 4.78 is 45.4. The van der Waals surface area contributed by atoms with Crippen LogP contribution in [0.25, 0.3) is 0 Å². The lowest BCUT2D eigenvalue weighted by Crippen LogP contribution is -2.30. The highest BCUT2D eigenvalue weighted by atomic mass is 19.4. The van der Waals surface area contributed by atoms with Crippen molar-refractivity contribution in [1.29, 1.82) is 0 Å². The molecule has 0 aliphatic rings. The SMILES string of the molecule is CC(OCCC(=O)OC(C)(C)C)C(F)(F)F. The van der Waals surface area contributed by atoms with E-state index >= 15 is 0 Å². The molecule has 0 aromatic carbocycles. The fourth-order valence-electron chi connectivity index (χ4n) is 0.806. The molecule has 1 unspecified atom stereocenters. The molecule has 0 aliphatic heterocycles. The third-order valence-electron chi connectivity index (χ3n) is 1.56. The van der Waals surface area contributed by atoms with Crippen molar-refractivity contribution in [2.45, 2.75) is 52.0 Å². The summed E-state index contributed by atoms with van der Waals surface area (Å²) >= 11 is 0. The lowest BCUT2D eigenvalue weighted by atomic mass is 10.2. The minimum Gasteiger partial charge on any atom is -0.460 e. The van der Waals surface area contributed by atoms with E-state index in [-0.39, 0.29) is 13.0 Å². The number of hydrogen-bond acceptors (Lipinski definition) is 3. The molecule has 0 amide bonds. The predicted octanol–water partition coefficient (Wildman–Crippen LogP) is 2.69. The van der Waals surface area contributed by atoms with E-state index in [2.05, 4.69) is 4.74 Å². The van der Waals surface area contributed by atoms with Crippen LogP contribution in [0.3, 0.4) is 0 Å². The van der Waals surface area contributed by atoms with Gasteiger partial charge in [0, 0.05) is 0 Å². The van der Waals surface area contributed by atoms with E-state index in [1.807, 2.05) is 0 Å². The van der Waals surface area contributed by atoms with Crippen LogP contribution in [0.4, 0.5) is 13.2 Å². The van der Waals surface area contributed by atoms with Crippen LogP contribution in [0.15, 0.2) is 0 Å². The fraction of sp³-hybridized carbons (Fsp3) is 0.900. The Morgan fingerprint density at radius 2 is 1.75 bits per heavy atom. The van der Waals surface area contributed by atoms with E-state index in [1.54, 1.807) is 20.8 Å². The van der Waals surface area contributed by atoms with Crippen molar-refractivity contribution in [2.75, 3.05) is 6.61 Å². The highest BCUT2D eigenvalue weighted by Gasteiger charge is 2.36. The van der Waals surface area contributed by atoms with Crippen molar-refractivity contribution in [2.24, 2.45) is 0 Å². The third-order valence-corrected chi connectivity index (χ3v) is 1.56. The second-order valence-corrected chi connectivity index (χ2v) is 4.39. The Bertz CT molecular complexity index is 230. The van der Waals surface area contributed by atoms with Crippen LogP contribution >= 0.6 is 0 Å². The number of ether oxygens (including phenoxy) is 2. The number of halogens is 3. The summed E-state index contributed by atoms with van der Waals surface area (Å²) in [6, 6.07) is 0. The monoisotopic (exact) mass is 242 g/mol. The van der Waals surface area contributed by atoms with E-state index in [9.17, 15) is 18.0 Å². The van der Waals surface area contributed by atoms with Crippen molar-refractivity contribution in [1.82, 2.24) is 0 Å². The van der Waals surface area contributed by atoms with Crippen molar-refractivity contribution in [3.63, 3.8) is 0 Å². The van der Waals surface area contributed by atoms with Gasteiger partial charge >= 0.3 is 12.1 Å². The Kier molecular flexibility index (Phi) is 5.25. The number of hydrogen-bond donors (Lipinski definition) is 0. The molecular weight excluding hydrogens is 225 g/mol. The molecule has 0 radical (unpaired) electrons. The minimum absolute atomic E-state index is 0.183. The van der Waals surface area contributed by atoms with Crippen LogP contribution in [0.1, 0.15) is 34.1 Å². The lowest BCUT2D eigenvalue weighted by molar-refractivity contribution is -0.215. The smallest absolute Gasteiger partial charge is 0.414 e. The summed E-state index contributed by atoms with van der Waals surface area (Å²) in [7, 11) is 0. The predicted molar refractivity (Wildman–Crippen MR) is 51.9 cm³/mol. The van der Waals surface area contributed by atoms with E-state index < -0.39 is 23.9 Å². The molecule has 0 rings (SSSR count). The summed E-state index contributed by atoms with van der Waals surface area (Å²) in [4.78, 5) is 11.1. The molecule has 0 aliphatic carbocycles. The Labute approximate surface area is 92.9 Å². The summed E-state index contributed by atoms with van der Waals surface area (Å²) in [6.45, 7) is 5.66. The number of rotatable bonds is 4. The maximum Gasteiger partial charge on any atom is 0.414 e. The zero-order valence-corrected chi connectivity index (χ0v) is 9.85. The Balaban J connectivity index is 3.79. The average Bonchev–Trinajstić information content (AvgIpc) is 1.98. The Morgan fingerprint density at radius 1 is 1.25 bits per heavy atom. The maximum absolute atomic E-state index is 12.0. The van der Waals surface area contributed by atoms with Gasteiger partial charge in [-0.1, -0.05) is 0 Å². The number of esters is 1. The van der Waals surface area contributed by atoms with Crippen molar-refractivity contribution < 1.29 is 27.4 Å². The van der Waals surface area contributed by atoms with Crippen molar-refractivity contribution in [3.05, 3.63) is 0 Å². The zero-order chi connectivity index (χ0) is 13.0. The molecule has 0 saturated carbocycles. The van der Waals surface area contributed by atoms with E-state index in [4.69, 9.17) is 4.74 Å². The van der Waals surface area contributed by atoms with E-state index in [1.165, 1.54) is 0 Å². The molecule has 96 valence electrons. The lowest BCUT2D eigenvalue weighted by Gasteiger charge is -2.20. The molecule has 0 spiro atoms. The van der Waals surface area contributed by atoms with Gasteiger partial charge in [-0.2, -0.15) is 13.2 Å². The highest BCUT2D eigenvalue weighted by molar-refractivity contribution is 5.69. The van der Waals surface area contributed by atoms with E-state index in [0.717, 1.165) is 6.92 Å². The standard InChI is InChI=1S/C10H17F3O3/c1-7(10(11,12)13)15-6-5-8(14)16-9(2,3)4/h7H,5-6H2,1-4H3.